The summed E-state index contributed by atoms with van der Waals surface area (Å²) in [4.78, 5) is 28.5. The third kappa shape index (κ3) is 5.46. The second kappa shape index (κ2) is 10.3. The van der Waals surface area contributed by atoms with Crippen molar-refractivity contribution in [1.29, 1.82) is 0 Å². The minimum atomic E-state index is -0.892. The standard InChI is InChI=1S/C28H25N3O2/c1-21-12-11-15-23(20-21)29-28(33)30-26(22-13-5-2-6-14-22)27(32)31(24-16-7-3-8-17-24)25-18-9-4-10-19-25/h2-20,26H,1H3,(H2,29,30,33)/t26-/m0/s1. The summed E-state index contributed by atoms with van der Waals surface area (Å²) in [5.74, 6) is -0.266. The number of carbonyl (C=O) groups excluding carboxylic acids is 2. The Morgan fingerprint density at radius 1 is 0.697 bits per heavy atom. The molecule has 2 N–H and O–H groups in total. The smallest absolute Gasteiger partial charge is 0.320 e. The molecule has 3 amide bonds. The SMILES string of the molecule is Cc1cccc(NC(=O)N[C@H](C(=O)N(c2ccccc2)c2ccccc2)c2ccccc2)c1. The normalized spacial score (nSPS) is 11.3. The third-order valence-electron chi connectivity index (χ3n) is 5.18. The van der Waals surface area contributed by atoms with Crippen LogP contribution in [0.3, 0.4) is 0 Å². The van der Waals surface area contributed by atoms with Gasteiger partial charge in [0, 0.05) is 17.1 Å². The van der Waals surface area contributed by atoms with E-state index >= 15 is 0 Å². The molecule has 4 rings (SSSR count). The summed E-state index contributed by atoms with van der Waals surface area (Å²) < 4.78 is 0. The minimum Gasteiger partial charge on any atom is -0.322 e. The van der Waals surface area contributed by atoms with Gasteiger partial charge in [0.2, 0.25) is 0 Å². The van der Waals surface area contributed by atoms with E-state index < -0.39 is 12.1 Å². The summed E-state index contributed by atoms with van der Waals surface area (Å²) in [6, 6.07) is 34.3. The van der Waals surface area contributed by atoms with Gasteiger partial charge >= 0.3 is 6.03 Å². The Kier molecular flexibility index (Phi) is 6.81. The molecule has 4 aromatic carbocycles. The van der Waals surface area contributed by atoms with Gasteiger partial charge in [-0.05, 0) is 54.4 Å². The van der Waals surface area contributed by atoms with Crippen molar-refractivity contribution in [3.8, 4) is 0 Å². The molecule has 0 aromatic heterocycles. The number of urea groups is 1. The molecular weight excluding hydrogens is 410 g/mol. The molecular formula is C28H25N3O2. The van der Waals surface area contributed by atoms with E-state index in [2.05, 4.69) is 10.6 Å². The lowest BCUT2D eigenvalue weighted by atomic mass is 10.0. The molecule has 5 nitrogen and oxygen atoms in total. The number of benzene rings is 4. The monoisotopic (exact) mass is 435 g/mol. The van der Waals surface area contributed by atoms with Crippen LogP contribution in [0.1, 0.15) is 17.2 Å². The van der Waals surface area contributed by atoms with E-state index in [0.29, 0.717) is 11.3 Å². The van der Waals surface area contributed by atoms with Crippen molar-refractivity contribution in [2.24, 2.45) is 0 Å². The Balaban J connectivity index is 1.68. The fraction of sp³-hybridized carbons (Fsp3) is 0.0714. The number of nitrogens with zero attached hydrogens (tertiary/aromatic N) is 1. The maximum Gasteiger partial charge on any atom is 0.320 e. The molecule has 0 aliphatic heterocycles. The molecule has 5 heteroatoms. The van der Waals surface area contributed by atoms with Crippen LogP contribution in [-0.2, 0) is 4.79 Å². The maximum absolute atomic E-state index is 14.0. The molecule has 0 radical (unpaired) electrons. The lowest BCUT2D eigenvalue weighted by Crippen LogP contribution is -2.42. The van der Waals surface area contributed by atoms with Crippen LogP contribution in [0.25, 0.3) is 0 Å². The lowest BCUT2D eigenvalue weighted by molar-refractivity contribution is -0.119. The van der Waals surface area contributed by atoms with E-state index in [0.717, 1.165) is 16.9 Å². The molecule has 0 saturated carbocycles. The molecule has 0 aliphatic carbocycles. The number of hydrogen-bond donors (Lipinski definition) is 2. The number of amides is 3. The molecule has 0 heterocycles. The number of rotatable bonds is 6. The van der Waals surface area contributed by atoms with Crippen LogP contribution in [0.15, 0.2) is 115 Å². The second-order valence-corrected chi connectivity index (χ2v) is 7.66. The van der Waals surface area contributed by atoms with Crippen LogP contribution >= 0.6 is 0 Å². The zero-order chi connectivity index (χ0) is 23.0. The lowest BCUT2D eigenvalue weighted by Gasteiger charge is -2.28. The molecule has 0 unspecified atom stereocenters. The van der Waals surface area contributed by atoms with Crippen LogP contribution in [0, 0.1) is 6.92 Å². The molecule has 33 heavy (non-hydrogen) atoms. The van der Waals surface area contributed by atoms with Gasteiger partial charge in [-0.1, -0.05) is 78.9 Å². The molecule has 0 saturated heterocycles. The Morgan fingerprint density at radius 2 is 1.24 bits per heavy atom. The molecule has 0 aliphatic rings. The summed E-state index contributed by atoms with van der Waals surface area (Å²) in [7, 11) is 0. The zero-order valence-corrected chi connectivity index (χ0v) is 18.3. The van der Waals surface area contributed by atoms with Crippen molar-refractivity contribution in [2.75, 3.05) is 10.2 Å². The highest BCUT2D eigenvalue weighted by molar-refractivity contribution is 6.06. The highest BCUT2D eigenvalue weighted by atomic mass is 16.2. The van der Waals surface area contributed by atoms with Gasteiger partial charge in [0.1, 0.15) is 6.04 Å². The first kappa shape index (κ1) is 21.8. The molecule has 0 bridgehead atoms. The molecule has 1 atom stereocenters. The minimum absolute atomic E-state index is 0.266. The van der Waals surface area contributed by atoms with Crippen molar-refractivity contribution >= 4 is 29.0 Å². The topological polar surface area (TPSA) is 61.4 Å². The number of aryl methyl sites for hydroxylation is 1. The van der Waals surface area contributed by atoms with Crippen LogP contribution in [0.4, 0.5) is 21.9 Å². The number of anilines is 3. The van der Waals surface area contributed by atoms with Crippen LogP contribution < -0.4 is 15.5 Å². The van der Waals surface area contributed by atoms with E-state index in [1.165, 1.54) is 0 Å². The summed E-state index contributed by atoms with van der Waals surface area (Å²) in [5, 5.41) is 5.72. The first-order valence-corrected chi connectivity index (χ1v) is 10.7. The molecule has 0 fully saturated rings. The Bertz CT molecular complexity index is 1170. The largest absolute Gasteiger partial charge is 0.322 e. The van der Waals surface area contributed by atoms with Crippen LogP contribution in [-0.4, -0.2) is 11.9 Å². The summed E-state index contributed by atoms with van der Waals surface area (Å²) in [5.41, 5.74) is 3.82. The molecule has 0 spiro atoms. The summed E-state index contributed by atoms with van der Waals surface area (Å²) in [6.07, 6.45) is 0. The fourth-order valence-electron chi connectivity index (χ4n) is 3.64. The van der Waals surface area contributed by atoms with Gasteiger partial charge in [-0.2, -0.15) is 0 Å². The average Bonchev–Trinajstić information content (AvgIpc) is 2.84. The van der Waals surface area contributed by atoms with Gasteiger partial charge in [-0.25, -0.2) is 4.79 Å². The highest BCUT2D eigenvalue weighted by Gasteiger charge is 2.29. The first-order chi connectivity index (χ1) is 16.1. The number of carbonyl (C=O) groups is 2. The Morgan fingerprint density at radius 3 is 1.79 bits per heavy atom. The van der Waals surface area contributed by atoms with Gasteiger partial charge in [0.15, 0.2) is 0 Å². The maximum atomic E-state index is 14.0. The van der Waals surface area contributed by atoms with Crippen LogP contribution in [0.2, 0.25) is 0 Å². The van der Waals surface area contributed by atoms with Crippen molar-refractivity contribution in [2.45, 2.75) is 13.0 Å². The number of hydrogen-bond acceptors (Lipinski definition) is 2. The predicted molar refractivity (Wildman–Crippen MR) is 133 cm³/mol. The molecule has 164 valence electrons. The van der Waals surface area contributed by atoms with Gasteiger partial charge < -0.3 is 10.6 Å². The van der Waals surface area contributed by atoms with E-state index in [-0.39, 0.29) is 5.91 Å². The fourth-order valence-corrected chi connectivity index (χ4v) is 3.64. The van der Waals surface area contributed by atoms with Crippen molar-refractivity contribution < 1.29 is 9.59 Å². The summed E-state index contributed by atoms with van der Waals surface area (Å²) >= 11 is 0. The Labute approximate surface area is 193 Å². The second-order valence-electron chi connectivity index (χ2n) is 7.66. The van der Waals surface area contributed by atoms with Crippen molar-refractivity contribution in [3.05, 3.63) is 126 Å². The van der Waals surface area contributed by atoms with E-state index in [9.17, 15) is 9.59 Å². The predicted octanol–water partition coefficient (Wildman–Crippen LogP) is 6.22. The Hall–Kier alpha value is -4.38. The van der Waals surface area contributed by atoms with Gasteiger partial charge in [0.05, 0.1) is 0 Å². The number of nitrogens with one attached hydrogen (secondary N) is 2. The summed E-state index contributed by atoms with van der Waals surface area (Å²) in [6.45, 7) is 1.96. The van der Waals surface area contributed by atoms with E-state index in [1.807, 2.05) is 122 Å². The average molecular weight is 436 g/mol. The van der Waals surface area contributed by atoms with Crippen molar-refractivity contribution in [1.82, 2.24) is 5.32 Å². The van der Waals surface area contributed by atoms with Crippen LogP contribution in [0.5, 0.6) is 0 Å². The van der Waals surface area contributed by atoms with Gasteiger partial charge in [-0.3, -0.25) is 9.69 Å². The highest BCUT2D eigenvalue weighted by Crippen LogP contribution is 2.29. The van der Waals surface area contributed by atoms with Gasteiger partial charge in [-0.15, -0.1) is 0 Å². The molecule has 4 aromatic rings. The first-order valence-electron chi connectivity index (χ1n) is 10.7. The van der Waals surface area contributed by atoms with Gasteiger partial charge in [0.25, 0.3) is 5.91 Å². The zero-order valence-electron chi connectivity index (χ0n) is 18.3. The van der Waals surface area contributed by atoms with Crippen molar-refractivity contribution in [3.63, 3.8) is 0 Å². The quantitative estimate of drug-likeness (QED) is 0.377. The van der Waals surface area contributed by atoms with E-state index in [4.69, 9.17) is 0 Å². The number of para-hydroxylation sites is 2. The van der Waals surface area contributed by atoms with E-state index in [1.54, 1.807) is 4.90 Å². The third-order valence-corrected chi connectivity index (χ3v) is 5.18.